The summed E-state index contributed by atoms with van der Waals surface area (Å²) in [5.41, 5.74) is 2.69. The fraction of sp³-hybridized carbons (Fsp3) is 0.300. The number of benzene rings is 3. The zero-order valence-electron chi connectivity index (χ0n) is 20.9. The van der Waals surface area contributed by atoms with Gasteiger partial charge >= 0.3 is 0 Å². The molecule has 2 fully saturated rings. The van der Waals surface area contributed by atoms with Gasteiger partial charge in [-0.25, -0.2) is 4.98 Å². The maximum absolute atomic E-state index is 13.7. The van der Waals surface area contributed by atoms with Crippen molar-refractivity contribution in [1.82, 2.24) is 15.2 Å². The van der Waals surface area contributed by atoms with Crippen LogP contribution in [0.3, 0.4) is 0 Å². The van der Waals surface area contributed by atoms with E-state index in [0.717, 1.165) is 44.7 Å². The minimum atomic E-state index is -0.186. The molecule has 3 aromatic carbocycles. The Bertz CT molecular complexity index is 1500. The standard InChI is InChI=1S/C30H29N3O3S/c1-18-6-5-9-22(12-18)29-28(32-19(2)37-29)30(35)33-16-23-14-25(23)26(33)15-31-27(34)17-36-24-11-10-20-7-3-4-8-21(20)13-24/h3-13,23,25-26H,14-17H2,1-2H3,(H,31,34)/t23-,25?,26-/m1/s1. The zero-order valence-corrected chi connectivity index (χ0v) is 21.8. The number of carbonyl (C=O) groups excluding carboxylic acids is 2. The maximum Gasteiger partial charge on any atom is 0.274 e. The van der Waals surface area contributed by atoms with E-state index in [1.807, 2.05) is 66.4 Å². The molecule has 7 heteroatoms. The largest absolute Gasteiger partial charge is 0.484 e. The molecule has 37 heavy (non-hydrogen) atoms. The van der Waals surface area contributed by atoms with Crippen molar-refractivity contribution >= 4 is 33.9 Å². The van der Waals surface area contributed by atoms with E-state index in [0.29, 0.717) is 29.8 Å². The fourth-order valence-corrected chi connectivity index (χ4v) is 6.34. The normalized spacial score (nSPS) is 20.1. The molecular weight excluding hydrogens is 482 g/mol. The summed E-state index contributed by atoms with van der Waals surface area (Å²) in [7, 11) is 0. The highest BCUT2D eigenvalue weighted by Gasteiger charge is 2.54. The van der Waals surface area contributed by atoms with Gasteiger partial charge < -0.3 is 15.0 Å². The lowest BCUT2D eigenvalue weighted by molar-refractivity contribution is -0.123. The van der Waals surface area contributed by atoms with Crippen molar-refractivity contribution in [2.45, 2.75) is 26.3 Å². The molecule has 0 spiro atoms. The van der Waals surface area contributed by atoms with Crippen LogP contribution in [0.2, 0.25) is 0 Å². The number of nitrogens with zero attached hydrogens (tertiary/aromatic N) is 2. The van der Waals surface area contributed by atoms with Gasteiger partial charge in [0.15, 0.2) is 6.61 Å². The van der Waals surface area contributed by atoms with Gasteiger partial charge in [-0.15, -0.1) is 11.3 Å². The molecule has 0 bridgehead atoms. The molecule has 188 valence electrons. The SMILES string of the molecule is Cc1cccc(-c2sc(C)nc2C(=O)N2C[C@H]3CC3[C@H]2CNC(=O)COc2ccc3ccccc3c2)c1. The maximum atomic E-state index is 13.7. The lowest BCUT2D eigenvalue weighted by atomic mass is 10.1. The summed E-state index contributed by atoms with van der Waals surface area (Å²) >= 11 is 1.55. The summed E-state index contributed by atoms with van der Waals surface area (Å²) in [4.78, 5) is 33.8. The highest BCUT2D eigenvalue weighted by molar-refractivity contribution is 7.15. The van der Waals surface area contributed by atoms with Crippen molar-refractivity contribution in [3.8, 4) is 16.2 Å². The third-order valence-electron chi connectivity index (χ3n) is 7.38. The van der Waals surface area contributed by atoms with Crippen molar-refractivity contribution in [2.24, 2.45) is 11.8 Å². The lowest BCUT2D eigenvalue weighted by Crippen LogP contribution is -2.46. The third-order valence-corrected chi connectivity index (χ3v) is 8.40. The number of ether oxygens (including phenoxy) is 1. The summed E-state index contributed by atoms with van der Waals surface area (Å²) in [5.74, 6) is 1.39. The number of carbonyl (C=O) groups is 2. The van der Waals surface area contributed by atoms with E-state index in [1.54, 1.807) is 11.3 Å². The molecule has 1 unspecified atom stereocenters. The van der Waals surface area contributed by atoms with E-state index in [2.05, 4.69) is 29.4 Å². The number of likely N-dealkylation sites (tertiary alicyclic amines) is 1. The van der Waals surface area contributed by atoms with Gasteiger partial charge in [-0.1, -0.05) is 60.2 Å². The lowest BCUT2D eigenvalue weighted by Gasteiger charge is -2.27. The van der Waals surface area contributed by atoms with Gasteiger partial charge in [0.1, 0.15) is 11.4 Å². The molecule has 1 saturated heterocycles. The van der Waals surface area contributed by atoms with Gasteiger partial charge in [0.05, 0.1) is 15.9 Å². The Morgan fingerprint density at radius 3 is 2.73 bits per heavy atom. The molecule has 0 radical (unpaired) electrons. The van der Waals surface area contributed by atoms with Crippen molar-refractivity contribution in [2.75, 3.05) is 19.7 Å². The minimum absolute atomic E-state index is 0.0190. The molecule has 6 nitrogen and oxygen atoms in total. The first kappa shape index (κ1) is 23.7. The van der Waals surface area contributed by atoms with Gasteiger partial charge in [-0.2, -0.15) is 0 Å². The van der Waals surface area contributed by atoms with Crippen LogP contribution in [0, 0.1) is 25.7 Å². The molecular formula is C30H29N3O3S. The van der Waals surface area contributed by atoms with Crippen LogP contribution in [0.5, 0.6) is 5.75 Å². The Hall–Kier alpha value is -3.71. The number of rotatable bonds is 7. The number of aryl methyl sites for hydroxylation is 2. The average Bonchev–Trinajstić information content (AvgIpc) is 3.41. The quantitative estimate of drug-likeness (QED) is 0.369. The number of piperidine rings is 1. The second-order valence-electron chi connectivity index (χ2n) is 10.1. The number of hydrogen-bond acceptors (Lipinski definition) is 5. The van der Waals surface area contributed by atoms with E-state index < -0.39 is 0 Å². The second-order valence-corrected chi connectivity index (χ2v) is 11.3. The van der Waals surface area contributed by atoms with Crippen LogP contribution in [0.25, 0.3) is 21.2 Å². The summed E-state index contributed by atoms with van der Waals surface area (Å²) in [5, 5.41) is 6.09. The van der Waals surface area contributed by atoms with Crippen LogP contribution in [0.1, 0.15) is 27.5 Å². The molecule has 2 amide bonds. The second kappa shape index (κ2) is 9.63. The molecule has 1 aromatic heterocycles. The number of aromatic nitrogens is 1. The monoisotopic (exact) mass is 511 g/mol. The average molecular weight is 512 g/mol. The van der Waals surface area contributed by atoms with Gasteiger partial charge in [-0.3, -0.25) is 9.59 Å². The van der Waals surface area contributed by atoms with Crippen LogP contribution in [0.4, 0.5) is 0 Å². The Morgan fingerprint density at radius 2 is 1.89 bits per heavy atom. The van der Waals surface area contributed by atoms with Crippen LogP contribution in [-0.4, -0.2) is 47.4 Å². The number of amides is 2. The van der Waals surface area contributed by atoms with Crippen LogP contribution < -0.4 is 10.1 Å². The zero-order chi connectivity index (χ0) is 25.5. The van der Waals surface area contributed by atoms with E-state index in [-0.39, 0.29) is 24.5 Å². The van der Waals surface area contributed by atoms with Gasteiger partial charge in [-0.05, 0) is 60.6 Å². The molecule has 2 aliphatic rings. The van der Waals surface area contributed by atoms with Crippen molar-refractivity contribution < 1.29 is 14.3 Å². The van der Waals surface area contributed by atoms with Gasteiger partial charge in [0.25, 0.3) is 11.8 Å². The number of nitrogens with one attached hydrogen (secondary N) is 1. The topological polar surface area (TPSA) is 71.5 Å². The van der Waals surface area contributed by atoms with E-state index in [9.17, 15) is 9.59 Å². The number of fused-ring (bicyclic) bond motifs is 2. The van der Waals surface area contributed by atoms with Crippen LogP contribution in [0.15, 0.2) is 66.7 Å². The van der Waals surface area contributed by atoms with Crippen molar-refractivity contribution in [1.29, 1.82) is 0 Å². The summed E-state index contributed by atoms with van der Waals surface area (Å²) in [6, 6.07) is 22.0. The Labute approximate surface area is 220 Å². The minimum Gasteiger partial charge on any atom is -0.484 e. The van der Waals surface area contributed by atoms with E-state index >= 15 is 0 Å². The number of thiazole rings is 1. The van der Waals surface area contributed by atoms with Crippen molar-refractivity contribution in [3.63, 3.8) is 0 Å². The van der Waals surface area contributed by atoms with E-state index in [4.69, 9.17) is 4.74 Å². The molecule has 3 atom stereocenters. The molecule has 6 rings (SSSR count). The predicted octanol–water partition coefficient (Wildman–Crippen LogP) is 5.24. The van der Waals surface area contributed by atoms with E-state index in [1.165, 1.54) is 0 Å². The summed E-state index contributed by atoms with van der Waals surface area (Å²) in [6.45, 7) is 5.08. The van der Waals surface area contributed by atoms with Crippen LogP contribution >= 0.6 is 11.3 Å². The smallest absolute Gasteiger partial charge is 0.274 e. The third kappa shape index (κ3) is 4.83. The first-order chi connectivity index (χ1) is 18.0. The highest BCUT2D eigenvalue weighted by Crippen LogP contribution is 2.50. The molecule has 1 saturated carbocycles. The molecule has 1 N–H and O–H groups in total. The van der Waals surface area contributed by atoms with Gasteiger partial charge in [0.2, 0.25) is 0 Å². The predicted molar refractivity (Wildman–Crippen MR) is 146 cm³/mol. The Morgan fingerprint density at radius 1 is 1.05 bits per heavy atom. The number of hydrogen-bond donors (Lipinski definition) is 1. The molecule has 1 aliphatic heterocycles. The molecule has 2 heterocycles. The summed E-state index contributed by atoms with van der Waals surface area (Å²) < 4.78 is 5.75. The Balaban J connectivity index is 1.11. The fourth-order valence-electron chi connectivity index (χ4n) is 5.43. The first-order valence-corrected chi connectivity index (χ1v) is 13.5. The van der Waals surface area contributed by atoms with Gasteiger partial charge in [0, 0.05) is 13.1 Å². The summed E-state index contributed by atoms with van der Waals surface area (Å²) in [6.07, 6.45) is 1.11. The highest BCUT2D eigenvalue weighted by atomic mass is 32.1. The first-order valence-electron chi connectivity index (χ1n) is 12.7. The molecule has 1 aliphatic carbocycles. The molecule has 4 aromatic rings. The Kier molecular flexibility index (Phi) is 6.16. The van der Waals surface area contributed by atoms with Crippen molar-refractivity contribution in [3.05, 3.63) is 83.0 Å². The van der Waals surface area contributed by atoms with Crippen LogP contribution in [-0.2, 0) is 4.79 Å².